The van der Waals surface area contributed by atoms with Crippen LogP contribution in [0.1, 0.15) is 51.1 Å². The predicted molar refractivity (Wildman–Crippen MR) is 88.4 cm³/mol. The van der Waals surface area contributed by atoms with Crippen LogP contribution in [0.4, 0.5) is 5.88 Å². The molecule has 0 saturated carbocycles. The number of benzene rings is 1. The fourth-order valence-electron chi connectivity index (χ4n) is 2.51. The van der Waals surface area contributed by atoms with Gasteiger partial charge in [-0.2, -0.15) is 0 Å². The molecule has 0 aliphatic heterocycles. The van der Waals surface area contributed by atoms with Gasteiger partial charge >= 0.3 is 0 Å². The number of rotatable bonds is 8. The second-order valence-electron chi connectivity index (χ2n) is 5.39. The fraction of sp³-hybridized carbons (Fsp3) is 0.471. The number of hydrogen-bond donors (Lipinski definition) is 1. The topological polar surface area (TPSA) is 52.0 Å². The Morgan fingerprint density at radius 1 is 1.05 bits per heavy atom. The molecule has 21 heavy (non-hydrogen) atoms. The molecule has 2 aromatic rings. The number of nitrogens with zero attached hydrogens (tertiary/aromatic N) is 1. The first-order valence-corrected chi connectivity index (χ1v) is 8.10. The number of anilines is 1. The van der Waals surface area contributed by atoms with E-state index in [4.69, 9.17) is 21.9 Å². The van der Waals surface area contributed by atoms with Gasteiger partial charge in [0.25, 0.3) is 0 Å². The van der Waals surface area contributed by atoms with Gasteiger partial charge in [0.15, 0.2) is 0 Å². The van der Waals surface area contributed by atoms with E-state index in [0.29, 0.717) is 10.9 Å². The molecule has 0 unspecified atom stereocenters. The van der Waals surface area contributed by atoms with Crippen LogP contribution >= 0.6 is 11.6 Å². The van der Waals surface area contributed by atoms with Gasteiger partial charge in [0.05, 0.1) is 11.3 Å². The van der Waals surface area contributed by atoms with E-state index in [1.807, 2.05) is 24.3 Å². The van der Waals surface area contributed by atoms with Crippen LogP contribution in [0.5, 0.6) is 0 Å². The highest BCUT2D eigenvalue weighted by Gasteiger charge is 2.15. The van der Waals surface area contributed by atoms with Gasteiger partial charge in [-0.05, 0) is 30.5 Å². The molecule has 2 N–H and O–H groups in total. The molecule has 2 rings (SSSR count). The second kappa shape index (κ2) is 8.08. The van der Waals surface area contributed by atoms with Gasteiger partial charge in [-0.3, -0.25) is 0 Å². The number of aryl methyl sites for hydroxylation is 1. The Bertz CT molecular complexity index is 548. The molecule has 0 aliphatic rings. The molecule has 1 aromatic carbocycles. The Hall–Kier alpha value is -1.48. The summed E-state index contributed by atoms with van der Waals surface area (Å²) < 4.78 is 5.17. The van der Waals surface area contributed by atoms with Crippen molar-refractivity contribution in [3.63, 3.8) is 0 Å². The number of unbranched alkanes of at least 4 members (excludes halogenated alkanes) is 5. The predicted octanol–water partition coefficient (Wildman–Crippen LogP) is 5.48. The van der Waals surface area contributed by atoms with Crippen LogP contribution in [0, 0.1) is 0 Å². The van der Waals surface area contributed by atoms with Crippen molar-refractivity contribution in [3.05, 3.63) is 35.0 Å². The number of nitrogen functional groups attached to an aromatic ring is 1. The molecule has 0 amide bonds. The molecule has 0 aliphatic carbocycles. The standard InChI is InChI=1S/C17H23ClN2O/c1-2-3-4-5-6-7-8-15-16(17(19)21-20-15)13-9-11-14(18)12-10-13/h9-12H,2-8,19H2,1H3. The van der Waals surface area contributed by atoms with Crippen LogP contribution in [0.15, 0.2) is 28.8 Å². The summed E-state index contributed by atoms with van der Waals surface area (Å²) in [5.74, 6) is 0.387. The Labute approximate surface area is 131 Å². The summed E-state index contributed by atoms with van der Waals surface area (Å²) in [7, 11) is 0. The van der Waals surface area contributed by atoms with Crippen molar-refractivity contribution < 1.29 is 4.52 Å². The van der Waals surface area contributed by atoms with Crippen LogP contribution < -0.4 is 5.73 Å². The van der Waals surface area contributed by atoms with Crippen LogP contribution in [-0.2, 0) is 6.42 Å². The first-order chi connectivity index (χ1) is 10.2. The minimum absolute atomic E-state index is 0.387. The normalized spacial score (nSPS) is 11.0. The summed E-state index contributed by atoms with van der Waals surface area (Å²) in [6.07, 6.45) is 8.47. The first kappa shape index (κ1) is 15.9. The average molecular weight is 307 g/mol. The zero-order chi connectivity index (χ0) is 15.1. The van der Waals surface area contributed by atoms with Crippen LogP contribution in [0.25, 0.3) is 11.1 Å². The summed E-state index contributed by atoms with van der Waals surface area (Å²) in [6, 6.07) is 7.63. The zero-order valence-electron chi connectivity index (χ0n) is 12.6. The molecule has 114 valence electrons. The van der Waals surface area contributed by atoms with Gasteiger partial charge in [-0.1, -0.05) is 67.9 Å². The fourth-order valence-corrected chi connectivity index (χ4v) is 2.63. The van der Waals surface area contributed by atoms with E-state index in [1.54, 1.807) is 0 Å². The molecule has 1 aromatic heterocycles. The van der Waals surface area contributed by atoms with Gasteiger partial charge in [-0.25, -0.2) is 0 Å². The minimum Gasteiger partial charge on any atom is -0.367 e. The van der Waals surface area contributed by atoms with E-state index < -0.39 is 0 Å². The lowest BCUT2D eigenvalue weighted by molar-refractivity contribution is 0.425. The molecule has 0 bridgehead atoms. The largest absolute Gasteiger partial charge is 0.367 e. The third kappa shape index (κ3) is 4.50. The van der Waals surface area contributed by atoms with Gasteiger partial charge in [-0.15, -0.1) is 0 Å². The molecular formula is C17H23ClN2O. The maximum Gasteiger partial charge on any atom is 0.230 e. The summed E-state index contributed by atoms with van der Waals surface area (Å²) in [6.45, 7) is 2.23. The lowest BCUT2D eigenvalue weighted by Crippen LogP contribution is -1.92. The number of aromatic nitrogens is 1. The summed E-state index contributed by atoms with van der Waals surface area (Å²) in [5.41, 5.74) is 8.80. The van der Waals surface area contributed by atoms with Crippen molar-refractivity contribution in [1.29, 1.82) is 0 Å². The van der Waals surface area contributed by atoms with E-state index in [2.05, 4.69) is 12.1 Å². The smallest absolute Gasteiger partial charge is 0.230 e. The monoisotopic (exact) mass is 306 g/mol. The highest BCUT2D eigenvalue weighted by molar-refractivity contribution is 6.30. The van der Waals surface area contributed by atoms with E-state index in [0.717, 1.165) is 29.7 Å². The zero-order valence-corrected chi connectivity index (χ0v) is 13.3. The van der Waals surface area contributed by atoms with Crippen molar-refractivity contribution in [1.82, 2.24) is 5.16 Å². The molecule has 4 heteroatoms. The van der Waals surface area contributed by atoms with E-state index in [1.165, 1.54) is 32.1 Å². The van der Waals surface area contributed by atoms with Crippen LogP contribution in [0.2, 0.25) is 5.02 Å². The highest BCUT2D eigenvalue weighted by Crippen LogP contribution is 2.31. The Morgan fingerprint density at radius 3 is 2.43 bits per heavy atom. The molecule has 0 spiro atoms. The first-order valence-electron chi connectivity index (χ1n) is 7.72. The van der Waals surface area contributed by atoms with E-state index in [-0.39, 0.29) is 0 Å². The molecule has 0 fully saturated rings. The number of hydrogen-bond acceptors (Lipinski definition) is 3. The number of halogens is 1. The van der Waals surface area contributed by atoms with Crippen molar-refractivity contribution in [2.75, 3.05) is 5.73 Å². The molecule has 3 nitrogen and oxygen atoms in total. The summed E-state index contributed by atoms with van der Waals surface area (Å²) in [5, 5.41) is 4.83. The maximum atomic E-state index is 5.93. The SMILES string of the molecule is CCCCCCCCc1noc(N)c1-c1ccc(Cl)cc1. The van der Waals surface area contributed by atoms with Gasteiger partial charge < -0.3 is 10.3 Å². The molecule has 0 radical (unpaired) electrons. The molecule has 0 atom stereocenters. The summed E-state index contributed by atoms with van der Waals surface area (Å²) >= 11 is 5.93. The second-order valence-corrected chi connectivity index (χ2v) is 5.83. The highest BCUT2D eigenvalue weighted by atomic mass is 35.5. The third-order valence-corrected chi connectivity index (χ3v) is 3.94. The van der Waals surface area contributed by atoms with E-state index in [9.17, 15) is 0 Å². The average Bonchev–Trinajstić information content (AvgIpc) is 2.85. The van der Waals surface area contributed by atoms with Crippen molar-refractivity contribution >= 4 is 17.5 Å². The van der Waals surface area contributed by atoms with Gasteiger partial charge in [0.1, 0.15) is 0 Å². The van der Waals surface area contributed by atoms with Crippen molar-refractivity contribution in [3.8, 4) is 11.1 Å². The lowest BCUT2D eigenvalue weighted by Gasteiger charge is -2.03. The Balaban J connectivity index is 1.96. The minimum atomic E-state index is 0.387. The van der Waals surface area contributed by atoms with Crippen LogP contribution in [-0.4, -0.2) is 5.16 Å². The Kier molecular flexibility index (Phi) is 6.12. The van der Waals surface area contributed by atoms with Crippen LogP contribution in [0.3, 0.4) is 0 Å². The Morgan fingerprint density at radius 2 is 1.71 bits per heavy atom. The summed E-state index contributed by atoms with van der Waals surface area (Å²) in [4.78, 5) is 0. The van der Waals surface area contributed by atoms with Crippen molar-refractivity contribution in [2.45, 2.75) is 51.9 Å². The third-order valence-electron chi connectivity index (χ3n) is 3.69. The quantitative estimate of drug-likeness (QED) is 0.657. The van der Waals surface area contributed by atoms with Gasteiger partial charge in [0, 0.05) is 5.02 Å². The molecule has 1 heterocycles. The molecular weight excluding hydrogens is 284 g/mol. The van der Waals surface area contributed by atoms with Gasteiger partial charge in [0.2, 0.25) is 5.88 Å². The number of nitrogens with two attached hydrogens (primary N) is 1. The maximum absolute atomic E-state index is 5.93. The molecule has 0 saturated heterocycles. The lowest BCUT2D eigenvalue weighted by atomic mass is 10.0. The van der Waals surface area contributed by atoms with Crippen molar-refractivity contribution in [2.24, 2.45) is 0 Å². The van der Waals surface area contributed by atoms with E-state index >= 15 is 0 Å².